The Hall–Kier alpha value is -3.18. The Kier molecular flexibility index (Phi) is 10.9. The lowest BCUT2D eigenvalue weighted by Gasteiger charge is -2.27. The number of carbonyl (C=O) groups is 2. The van der Waals surface area contributed by atoms with Crippen molar-refractivity contribution in [2.24, 2.45) is 5.84 Å². The summed E-state index contributed by atoms with van der Waals surface area (Å²) in [5.41, 5.74) is 1.25. The molecular weight excluding hydrogens is 584 g/mol. The lowest BCUT2D eigenvalue weighted by molar-refractivity contribution is -0.757. The highest BCUT2D eigenvalue weighted by atomic mass is 32.2. The third-order valence-corrected chi connectivity index (χ3v) is 10.7. The summed E-state index contributed by atoms with van der Waals surface area (Å²) in [6, 6.07) is 6.31. The third kappa shape index (κ3) is 7.94. The number of methoxy groups -OCH3 is 1. The third-order valence-electron chi connectivity index (χ3n) is 5.84. The monoisotopic (exact) mass is 614 g/mol. The molecule has 2 aromatic rings. The first-order valence-electron chi connectivity index (χ1n) is 12.2. The maximum absolute atomic E-state index is 12.8. The van der Waals surface area contributed by atoms with Crippen LogP contribution in [0.15, 0.2) is 38.8 Å². The average Bonchev–Trinajstić information content (AvgIpc) is 3.34. The fraction of sp³-hybridized carbons (Fsp3) is 0.417. The van der Waals surface area contributed by atoms with Crippen molar-refractivity contribution in [1.82, 2.24) is 9.73 Å². The van der Waals surface area contributed by atoms with Gasteiger partial charge in [-0.05, 0) is 61.7 Å². The van der Waals surface area contributed by atoms with E-state index in [0.717, 1.165) is 27.7 Å². The zero-order valence-electron chi connectivity index (χ0n) is 22.0. The van der Waals surface area contributed by atoms with Crippen LogP contribution in [0.2, 0.25) is 0 Å². The Morgan fingerprint density at radius 3 is 2.75 bits per heavy atom. The molecular formula is C24H30N4O9S3. The van der Waals surface area contributed by atoms with Gasteiger partial charge in [0.15, 0.2) is 21.3 Å². The largest absolute Gasteiger partial charge is 0.493 e. The summed E-state index contributed by atoms with van der Waals surface area (Å²) in [6.07, 6.45) is 3.23. The van der Waals surface area contributed by atoms with E-state index in [1.807, 2.05) is 6.92 Å². The normalized spacial score (nSPS) is 17.7. The number of nitrogens with zero attached hydrogens (tertiary/aromatic N) is 2. The molecule has 3 N–H and O–H groups in total. The van der Waals surface area contributed by atoms with Crippen LogP contribution in [0.1, 0.15) is 50.3 Å². The zero-order valence-corrected chi connectivity index (χ0v) is 24.5. The lowest BCUT2D eigenvalue weighted by atomic mass is 10.1. The van der Waals surface area contributed by atoms with Gasteiger partial charge in [-0.25, -0.2) is 18.7 Å². The molecule has 1 aromatic carbocycles. The van der Waals surface area contributed by atoms with E-state index in [9.17, 15) is 28.1 Å². The second-order valence-electron chi connectivity index (χ2n) is 8.64. The molecule has 218 valence electrons. The van der Waals surface area contributed by atoms with Crippen LogP contribution in [0.3, 0.4) is 0 Å². The van der Waals surface area contributed by atoms with Gasteiger partial charge in [-0.1, -0.05) is 13.0 Å². The standard InChI is InChI=1S/C24H30N4O9S3/c1-4-26-18-12-15(2)40(33,34)24-17(18)14-23(38-24)39-27(25)21(29)10-8-16-7-9-19(20(13-16)35-3)37-22(30)6-5-11-36-28(31)32/h7-10,13-15,18,26H,4-6,11-12,25H2,1-3H3/b10-8+. The van der Waals surface area contributed by atoms with Crippen LogP contribution in [-0.2, 0) is 24.3 Å². The van der Waals surface area contributed by atoms with Crippen molar-refractivity contribution in [3.63, 3.8) is 0 Å². The summed E-state index contributed by atoms with van der Waals surface area (Å²) >= 11 is 2.03. The molecule has 1 aromatic heterocycles. The summed E-state index contributed by atoms with van der Waals surface area (Å²) < 4.78 is 38.0. The van der Waals surface area contributed by atoms with E-state index >= 15 is 0 Å². The number of hydrogen-bond acceptors (Lipinski definition) is 13. The van der Waals surface area contributed by atoms with Gasteiger partial charge >= 0.3 is 5.97 Å². The van der Waals surface area contributed by atoms with Crippen molar-refractivity contribution >= 4 is 51.1 Å². The van der Waals surface area contributed by atoms with Crippen LogP contribution < -0.4 is 20.6 Å². The van der Waals surface area contributed by atoms with Gasteiger partial charge in [-0.3, -0.25) is 9.59 Å². The lowest BCUT2D eigenvalue weighted by Crippen LogP contribution is -2.33. The van der Waals surface area contributed by atoms with Crippen molar-refractivity contribution in [2.75, 3.05) is 20.3 Å². The van der Waals surface area contributed by atoms with Crippen LogP contribution in [0.25, 0.3) is 6.08 Å². The van der Waals surface area contributed by atoms with Gasteiger partial charge in [0.05, 0.1) is 23.2 Å². The Labute approximate surface area is 239 Å². The van der Waals surface area contributed by atoms with E-state index in [1.54, 1.807) is 25.1 Å². The molecule has 40 heavy (non-hydrogen) atoms. The first-order valence-corrected chi connectivity index (χ1v) is 15.3. The number of thiophene rings is 1. The van der Waals surface area contributed by atoms with E-state index in [2.05, 4.69) is 10.2 Å². The second kappa shape index (κ2) is 13.9. The molecule has 2 atom stereocenters. The summed E-state index contributed by atoms with van der Waals surface area (Å²) in [5, 5.41) is 12.0. The molecule has 0 radical (unpaired) electrons. The molecule has 0 saturated heterocycles. The number of hydrogen-bond donors (Lipinski definition) is 2. The summed E-state index contributed by atoms with van der Waals surface area (Å²) in [5.74, 6) is 5.19. The van der Waals surface area contributed by atoms with Gasteiger partial charge < -0.3 is 19.6 Å². The van der Waals surface area contributed by atoms with E-state index < -0.39 is 32.1 Å². The molecule has 2 heterocycles. The number of rotatable bonds is 13. The van der Waals surface area contributed by atoms with Crippen molar-refractivity contribution in [3.8, 4) is 11.5 Å². The number of ether oxygens (including phenoxy) is 2. The minimum Gasteiger partial charge on any atom is -0.493 e. The number of benzene rings is 1. The van der Waals surface area contributed by atoms with Crippen molar-refractivity contribution in [2.45, 2.75) is 52.8 Å². The van der Waals surface area contributed by atoms with E-state index in [0.29, 0.717) is 32.5 Å². The predicted octanol–water partition coefficient (Wildman–Crippen LogP) is 3.29. The van der Waals surface area contributed by atoms with Crippen LogP contribution in [-0.4, -0.2) is 55.3 Å². The minimum atomic E-state index is -3.45. The fourth-order valence-corrected chi connectivity index (χ4v) is 8.45. The number of nitrogens with two attached hydrogens (primary N) is 1. The summed E-state index contributed by atoms with van der Waals surface area (Å²) in [7, 11) is -2.06. The van der Waals surface area contributed by atoms with Crippen molar-refractivity contribution in [1.29, 1.82) is 0 Å². The van der Waals surface area contributed by atoms with Crippen LogP contribution in [0.4, 0.5) is 0 Å². The molecule has 1 aliphatic rings. The Morgan fingerprint density at radius 1 is 1.32 bits per heavy atom. The van der Waals surface area contributed by atoms with Gasteiger partial charge in [0.1, 0.15) is 4.21 Å². The average molecular weight is 615 g/mol. The maximum Gasteiger partial charge on any atom is 0.311 e. The smallest absolute Gasteiger partial charge is 0.311 e. The summed E-state index contributed by atoms with van der Waals surface area (Å²) in [6.45, 7) is 4.12. The highest BCUT2D eigenvalue weighted by Crippen LogP contribution is 2.44. The van der Waals surface area contributed by atoms with E-state index in [-0.39, 0.29) is 37.0 Å². The maximum atomic E-state index is 12.8. The first-order chi connectivity index (χ1) is 19.0. The molecule has 16 heteroatoms. The van der Waals surface area contributed by atoms with E-state index in [1.165, 1.54) is 25.3 Å². The van der Waals surface area contributed by atoms with Gasteiger partial charge in [0.2, 0.25) is 0 Å². The van der Waals surface area contributed by atoms with Crippen molar-refractivity contribution < 1.29 is 37.4 Å². The highest BCUT2D eigenvalue weighted by molar-refractivity contribution is 8.00. The fourth-order valence-electron chi connectivity index (χ4n) is 3.87. The molecule has 1 amide bonds. The quantitative estimate of drug-likeness (QED) is 0.0387. The molecule has 0 bridgehead atoms. The first kappa shape index (κ1) is 31.3. The SMILES string of the molecule is CCNC1CC(C)S(=O)(=O)c2sc(SN(N)C(=O)/C=C/c3ccc(OC(=O)CCCO[N+](=O)[O-])c(OC)c3)cc21. The topological polar surface area (TPSA) is 180 Å². The molecule has 2 unspecified atom stereocenters. The van der Waals surface area contributed by atoms with Crippen LogP contribution in [0.5, 0.6) is 11.5 Å². The number of amides is 1. The van der Waals surface area contributed by atoms with E-state index in [4.69, 9.17) is 15.3 Å². The van der Waals surface area contributed by atoms with Gasteiger partial charge in [0, 0.05) is 30.5 Å². The van der Waals surface area contributed by atoms with Gasteiger partial charge in [-0.2, -0.15) is 0 Å². The highest BCUT2D eigenvalue weighted by Gasteiger charge is 2.38. The Balaban J connectivity index is 1.63. The number of fused-ring (bicyclic) bond motifs is 1. The zero-order chi connectivity index (χ0) is 29.4. The van der Waals surface area contributed by atoms with Crippen molar-refractivity contribution in [3.05, 3.63) is 51.6 Å². The van der Waals surface area contributed by atoms with Crippen LogP contribution >= 0.6 is 23.3 Å². The minimum absolute atomic E-state index is 0.0919. The molecule has 1 aliphatic heterocycles. The summed E-state index contributed by atoms with van der Waals surface area (Å²) in [4.78, 5) is 39.0. The number of sulfone groups is 1. The Bertz CT molecular complexity index is 1380. The van der Waals surface area contributed by atoms with Gasteiger partial charge in [-0.15, -0.1) is 21.5 Å². The van der Waals surface area contributed by atoms with Gasteiger partial charge in [0.25, 0.3) is 11.0 Å². The molecule has 0 spiro atoms. The molecule has 3 rings (SSSR count). The Morgan fingerprint density at radius 2 is 2.08 bits per heavy atom. The number of carbonyl (C=O) groups excluding carboxylic acids is 2. The number of esters is 1. The molecule has 13 nitrogen and oxygen atoms in total. The predicted molar refractivity (Wildman–Crippen MR) is 149 cm³/mol. The molecule has 0 saturated carbocycles. The number of nitrogens with one attached hydrogen (secondary N) is 1. The molecule has 0 aliphatic carbocycles. The van der Waals surface area contributed by atoms with Crippen LogP contribution in [0, 0.1) is 10.1 Å². The second-order valence-corrected chi connectivity index (χ2v) is 13.5. The number of hydrazine groups is 1. The molecule has 0 fully saturated rings.